The molecule has 0 amide bonds. The minimum Gasteiger partial charge on any atom is -0.399 e. The molecule has 3 N–H and O–H groups in total. The lowest BCUT2D eigenvalue weighted by Gasteiger charge is -2.10. The number of nitrogen functional groups attached to an aromatic ring is 1. The van der Waals surface area contributed by atoms with Crippen molar-refractivity contribution in [1.29, 1.82) is 0 Å². The van der Waals surface area contributed by atoms with E-state index in [4.69, 9.17) is 5.73 Å². The lowest BCUT2D eigenvalue weighted by atomic mass is 10.3. The van der Waals surface area contributed by atoms with Gasteiger partial charge in [-0.1, -0.05) is 11.3 Å². The number of fused-ring (bicyclic) bond motifs is 1. The first kappa shape index (κ1) is 12.3. The van der Waals surface area contributed by atoms with E-state index in [1.807, 2.05) is 25.1 Å². The Hall–Kier alpha value is -1.14. The summed E-state index contributed by atoms with van der Waals surface area (Å²) in [5.74, 6) is 0.623. The maximum atomic E-state index is 11.1. The average molecular weight is 269 g/mol. The number of thiazole rings is 1. The highest BCUT2D eigenvalue weighted by Crippen LogP contribution is 2.27. The molecule has 0 aliphatic rings. The zero-order valence-electron chi connectivity index (χ0n) is 9.77. The van der Waals surface area contributed by atoms with E-state index in [-0.39, 0.29) is 6.04 Å². The van der Waals surface area contributed by atoms with Gasteiger partial charge in [0.15, 0.2) is 5.13 Å². The zero-order valence-corrected chi connectivity index (χ0v) is 11.4. The summed E-state index contributed by atoms with van der Waals surface area (Å²) < 4.78 is 12.2. The smallest absolute Gasteiger partial charge is 0.184 e. The topological polar surface area (TPSA) is 68.0 Å². The quantitative estimate of drug-likeness (QED) is 0.834. The highest BCUT2D eigenvalue weighted by molar-refractivity contribution is 7.84. The van der Waals surface area contributed by atoms with Crippen LogP contribution in [0, 0.1) is 0 Å². The van der Waals surface area contributed by atoms with Gasteiger partial charge in [0.1, 0.15) is 0 Å². The number of nitrogens with two attached hydrogens (primary N) is 1. The first-order valence-electron chi connectivity index (χ1n) is 5.27. The third-order valence-electron chi connectivity index (χ3n) is 2.27. The van der Waals surface area contributed by atoms with E-state index < -0.39 is 10.8 Å². The average Bonchev–Trinajstić information content (AvgIpc) is 2.57. The summed E-state index contributed by atoms with van der Waals surface area (Å²) in [4.78, 5) is 4.45. The molecule has 2 unspecified atom stereocenters. The van der Waals surface area contributed by atoms with Gasteiger partial charge < -0.3 is 11.1 Å². The van der Waals surface area contributed by atoms with Crippen molar-refractivity contribution in [2.75, 3.05) is 23.1 Å². The van der Waals surface area contributed by atoms with Gasteiger partial charge >= 0.3 is 0 Å². The molecule has 2 atom stereocenters. The second-order valence-corrected chi connectivity index (χ2v) is 6.54. The van der Waals surface area contributed by atoms with Gasteiger partial charge in [-0.3, -0.25) is 4.21 Å². The van der Waals surface area contributed by atoms with Crippen LogP contribution >= 0.6 is 11.3 Å². The first-order valence-corrected chi connectivity index (χ1v) is 7.81. The minimum absolute atomic E-state index is 0.152. The largest absolute Gasteiger partial charge is 0.399 e. The molecule has 0 aliphatic carbocycles. The molecule has 1 heterocycles. The molecule has 0 bridgehead atoms. The highest BCUT2D eigenvalue weighted by atomic mass is 32.2. The molecule has 4 nitrogen and oxygen atoms in total. The van der Waals surface area contributed by atoms with Gasteiger partial charge in [0, 0.05) is 34.5 Å². The van der Waals surface area contributed by atoms with Gasteiger partial charge in [0.2, 0.25) is 0 Å². The van der Waals surface area contributed by atoms with E-state index in [0.717, 1.165) is 21.0 Å². The van der Waals surface area contributed by atoms with Crippen LogP contribution in [0.5, 0.6) is 0 Å². The number of rotatable bonds is 4. The van der Waals surface area contributed by atoms with Crippen molar-refractivity contribution in [2.24, 2.45) is 0 Å². The van der Waals surface area contributed by atoms with Crippen LogP contribution in [0.25, 0.3) is 10.2 Å². The first-order chi connectivity index (χ1) is 8.04. The molecule has 1 aromatic carbocycles. The van der Waals surface area contributed by atoms with Crippen LogP contribution in [0.3, 0.4) is 0 Å². The summed E-state index contributed by atoms with van der Waals surface area (Å²) >= 11 is 1.57. The Labute approximate surface area is 107 Å². The van der Waals surface area contributed by atoms with Crippen molar-refractivity contribution in [3.8, 4) is 0 Å². The van der Waals surface area contributed by atoms with Crippen LogP contribution in [-0.4, -0.2) is 27.2 Å². The molecule has 92 valence electrons. The van der Waals surface area contributed by atoms with Gasteiger partial charge in [-0.05, 0) is 25.1 Å². The van der Waals surface area contributed by atoms with Gasteiger partial charge in [-0.25, -0.2) is 4.98 Å². The second-order valence-electron chi connectivity index (χ2n) is 4.03. The standard InChI is InChI=1S/C11H15N3OS2/c1-7(6-17(2)15)13-11-14-9-4-3-8(12)5-10(9)16-11/h3-5,7H,6,12H2,1-2H3,(H,13,14). The molecule has 0 aliphatic heterocycles. The van der Waals surface area contributed by atoms with Crippen LogP contribution < -0.4 is 11.1 Å². The number of nitrogens with zero attached hydrogens (tertiary/aromatic N) is 1. The third-order valence-corrected chi connectivity index (χ3v) is 4.19. The van der Waals surface area contributed by atoms with Gasteiger partial charge in [-0.15, -0.1) is 0 Å². The van der Waals surface area contributed by atoms with E-state index >= 15 is 0 Å². The summed E-state index contributed by atoms with van der Waals surface area (Å²) in [6.45, 7) is 2.00. The molecule has 1 aromatic heterocycles. The Balaban J connectivity index is 2.16. The fourth-order valence-electron chi connectivity index (χ4n) is 1.61. The van der Waals surface area contributed by atoms with Crippen molar-refractivity contribution in [3.05, 3.63) is 18.2 Å². The van der Waals surface area contributed by atoms with Gasteiger partial charge in [0.05, 0.1) is 10.2 Å². The Bertz CT molecular complexity index is 553. The van der Waals surface area contributed by atoms with Crippen molar-refractivity contribution >= 4 is 43.2 Å². The summed E-state index contributed by atoms with van der Waals surface area (Å²) in [6, 6.07) is 5.82. The monoisotopic (exact) mass is 269 g/mol. The van der Waals surface area contributed by atoms with Crippen molar-refractivity contribution in [1.82, 2.24) is 4.98 Å². The lowest BCUT2D eigenvalue weighted by molar-refractivity contribution is 0.683. The predicted molar refractivity (Wildman–Crippen MR) is 76.1 cm³/mol. The Morgan fingerprint density at radius 2 is 2.35 bits per heavy atom. The molecule has 0 saturated heterocycles. The summed E-state index contributed by atoms with van der Waals surface area (Å²) in [5.41, 5.74) is 7.41. The maximum Gasteiger partial charge on any atom is 0.184 e. The molecule has 0 radical (unpaired) electrons. The predicted octanol–water partition coefficient (Wildman–Crippen LogP) is 2.06. The van der Waals surface area contributed by atoms with Gasteiger partial charge in [-0.2, -0.15) is 0 Å². The fraction of sp³-hybridized carbons (Fsp3) is 0.364. The Kier molecular flexibility index (Phi) is 3.63. The third kappa shape index (κ3) is 3.17. The maximum absolute atomic E-state index is 11.1. The van der Waals surface area contributed by atoms with Gasteiger partial charge in [0.25, 0.3) is 0 Å². The van der Waals surface area contributed by atoms with Crippen LogP contribution in [0.15, 0.2) is 18.2 Å². The summed E-state index contributed by atoms with van der Waals surface area (Å²) in [7, 11) is -0.796. The molecule has 6 heteroatoms. The van der Waals surface area contributed by atoms with E-state index in [1.165, 1.54) is 0 Å². The van der Waals surface area contributed by atoms with Crippen molar-refractivity contribution in [2.45, 2.75) is 13.0 Å². The lowest BCUT2D eigenvalue weighted by Crippen LogP contribution is -2.21. The van der Waals surface area contributed by atoms with Crippen LogP contribution in [0.1, 0.15) is 6.92 Å². The SMILES string of the molecule is CC(CS(C)=O)Nc1nc2ccc(N)cc2s1. The van der Waals surface area contributed by atoms with E-state index in [2.05, 4.69) is 10.3 Å². The zero-order chi connectivity index (χ0) is 12.4. The van der Waals surface area contributed by atoms with Crippen LogP contribution in [0.2, 0.25) is 0 Å². The number of hydrogen-bond donors (Lipinski definition) is 2. The normalized spacial score (nSPS) is 14.7. The summed E-state index contributed by atoms with van der Waals surface area (Å²) in [6.07, 6.45) is 1.71. The number of nitrogens with one attached hydrogen (secondary N) is 1. The number of hydrogen-bond acceptors (Lipinski definition) is 5. The molecular weight excluding hydrogens is 254 g/mol. The Morgan fingerprint density at radius 1 is 1.59 bits per heavy atom. The minimum atomic E-state index is -0.796. The number of aromatic nitrogens is 1. The van der Waals surface area contributed by atoms with Crippen LogP contribution in [0.4, 0.5) is 10.8 Å². The Morgan fingerprint density at radius 3 is 3.06 bits per heavy atom. The molecule has 0 spiro atoms. The van der Waals surface area contributed by atoms with Crippen molar-refractivity contribution in [3.63, 3.8) is 0 Å². The molecule has 2 aromatic rings. The summed E-state index contributed by atoms with van der Waals surface area (Å²) in [5, 5.41) is 4.11. The fourth-order valence-corrected chi connectivity index (χ4v) is 3.42. The molecular formula is C11H15N3OS2. The highest BCUT2D eigenvalue weighted by Gasteiger charge is 2.08. The van der Waals surface area contributed by atoms with E-state index in [9.17, 15) is 4.21 Å². The van der Waals surface area contributed by atoms with Crippen molar-refractivity contribution < 1.29 is 4.21 Å². The van der Waals surface area contributed by atoms with E-state index in [1.54, 1.807) is 17.6 Å². The molecule has 0 fully saturated rings. The van der Waals surface area contributed by atoms with Crippen LogP contribution in [-0.2, 0) is 10.8 Å². The number of benzene rings is 1. The molecule has 0 saturated carbocycles. The second kappa shape index (κ2) is 5.01. The molecule has 2 rings (SSSR count). The van der Waals surface area contributed by atoms with E-state index in [0.29, 0.717) is 5.75 Å². The number of anilines is 2. The molecule has 17 heavy (non-hydrogen) atoms.